The Morgan fingerprint density at radius 1 is 1.47 bits per heavy atom. The van der Waals surface area contributed by atoms with Crippen molar-refractivity contribution in [1.82, 2.24) is 14.5 Å². The fourth-order valence-electron chi connectivity index (χ4n) is 1.86. The van der Waals surface area contributed by atoms with Crippen molar-refractivity contribution in [1.29, 1.82) is 0 Å². The highest BCUT2D eigenvalue weighted by molar-refractivity contribution is 7.80. The summed E-state index contributed by atoms with van der Waals surface area (Å²) in [5, 5.41) is 0. The smallest absolute Gasteiger partial charge is 0.139 e. The minimum Gasteiger partial charge on any atom is -0.389 e. The predicted molar refractivity (Wildman–Crippen MR) is 80.2 cm³/mol. The molecule has 2 aromatic heterocycles. The van der Waals surface area contributed by atoms with Crippen LogP contribution in [0.2, 0.25) is 0 Å². The molecule has 0 atom stereocenters. The van der Waals surface area contributed by atoms with Crippen LogP contribution in [0.4, 0.5) is 5.82 Å². The maximum Gasteiger partial charge on any atom is 0.139 e. The Labute approximate surface area is 118 Å². The van der Waals surface area contributed by atoms with Gasteiger partial charge in [0.2, 0.25) is 0 Å². The molecule has 2 aromatic rings. The van der Waals surface area contributed by atoms with Gasteiger partial charge in [0.15, 0.2) is 0 Å². The lowest BCUT2D eigenvalue weighted by Crippen LogP contribution is -2.24. The van der Waals surface area contributed by atoms with Crippen molar-refractivity contribution in [3.63, 3.8) is 0 Å². The maximum atomic E-state index is 5.75. The quantitative estimate of drug-likeness (QED) is 0.855. The molecule has 0 aromatic carbocycles. The van der Waals surface area contributed by atoms with E-state index in [0.29, 0.717) is 11.5 Å². The van der Waals surface area contributed by atoms with Crippen LogP contribution in [-0.2, 0) is 13.6 Å². The number of pyridine rings is 1. The van der Waals surface area contributed by atoms with Crippen molar-refractivity contribution >= 4 is 23.0 Å². The molecule has 6 heteroatoms. The largest absolute Gasteiger partial charge is 0.389 e. The summed E-state index contributed by atoms with van der Waals surface area (Å²) in [5.41, 5.74) is 7.47. The molecule has 0 aliphatic carbocycles. The Bertz CT molecular complexity index is 605. The van der Waals surface area contributed by atoms with Crippen LogP contribution in [-0.4, -0.2) is 26.6 Å². The molecule has 5 nitrogen and oxygen atoms in total. The number of hydrogen-bond donors (Lipinski definition) is 1. The molecule has 2 heterocycles. The Balaban J connectivity index is 2.32. The van der Waals surface area contributed by atoms with E-state index in [1.165, 1.54) is 0 Å². The SMILES string of the molecule is Cc1ccc(C(N)=S)c(N(C)Cc2nccn2C)n1. The average Bonchev–Trinajstić information content (AvgIpc) is 2.74. The molecule has 0 radical (unpaired) electrons. The predicted octanol–water partition coefficient (Wildman–Crippen LogP) is 1.39. The molecule has 0 fully saturated rings. The van der Waals surface area contributed by atoms with Crippen LogP contribution in [0, 0.1) is 6.92 Å². The fraction of sp³-hybridized carbons (Fsp3) is 0.308. The van der Waals surface area contributed by atoms with Crippen LogP contribution in [0.1, 0.15) is 17.1 Å². The van der Waals surface area contributed by atoms with Gasteiger partial charge in [0.25, 0.3) is 0 Å². The molecule has 100 valence electrons. The number of anilines is 1. The van der Waals surface area contributed by atoms with Gasteiger partial charge in [-0.1, -0.05) is 12.2 Å². The Morgan fingerprint density at radius 2 is 2.21 bits per heavy atom. The van der Waals surface area contributed by atoms with E-state index in [-0.39, 0.29) is 0 Å². The van der Waals surface area contributed by atoms with Gasteiger partial charge in [-0.15, -0.1) is 0 Å². The van der Waals surface area contributed by atoms with Crippen LogP contribution in [0.5, 0.6) is 0 Å². The highest BCUT2D eigenvalue weighted by atomic mass is 32.1. The summed E-state index contributed by atoms with van der Waals surface area (Å²) in [6.07, 6.45) is 3.70. The maximum absolute atomic E-state index is 5.75. The number of nitrogens with two attached hydrogens (primary N) is 1. The normalized spacial score (nSPS) is 10.5. The summed E-state index contributed by atoms with van der Waals surface area (Å²) >= 11 is 5.08. The molecule has 0 saturated carbocycles. The van der Waals surface area contributed by atoms with E-state index in [4.69, 9.17) is 18.0 Å². The molecule has 0 amide bonds. The van der Waals surface area contributed by atoms with E-state index in [1.807, 2.05) is 48.8 Å². The molecule has 0 aliphatic rings. The second-order valence-corrected chi connectivity index (χ2v) is 4.94. The minimum absolute atomic E-state index is 0.356. The number of rotatable bonds is 4. The van der Waals surface area contributed by atoms with Crippen molar-refractivity contribution < 1.29 is 0 Å². The Kier molecular flexibility index (Phi) is 3.80. The van der Waals surface area contributed by atoms with Crippen LogP contribution in [0.15, 0.2) is 24.5 Å². The zero-order valence-electron chi connectivity index (χ0n) is 11.3. The van der Waals surface area contributed by atoms with Gasteiger partial charge in [-0.3, -0.25) is 0 Å². The highest BCUT2D eigenvalue weighted by Gasteiger charge is 2.13. The lowest BCUT2D eigenvalue weighted by atomic mass is 10.2. The second-order valence-electron chi connectivity index (χ2n) is 4.50. The van der Waals surface area contributed by atoms with Crippen LogP contribution in [0.25, 0.3) is 0 Å². The molecule has 2 rings (SSSR count). The first kappa shape index (κ1) is 13.5. The number of aromatic nitrogens is 3. The van der Waals surface area contributed by atoms with Gasteiger partial charge < -0.3 is 15.2 Å². The van der Waals surface area contributed by atoms with Gasteiger partial charge in [-0.25, -0.2) is 9.97 Å². The lowest BCUT2D eigenvalue weighted by molar-refractivity contribution is 0.754. The first-order chi connectivity index (χ1) is 8.99. The van der Waals surface area contributed by atoms with Gasteiger partial charge >= 0.3 is 0 Å². The summed E-state index contributed by atoms with van der Waals surface area (Å²) in [6, 6.07) is 3.82. The third kappa shape index (κ3) is 2.90. The monoisotopic (exact) mass is 275 g/mol. The second kappa shape index (κ2) is 5.36. The van der Waals surface area contributed by atoms with E-state index in [1.54, 1.807) is 6.20 Å². The van der Waals surface area contributed by atoms with Crippen molar-refractivity contribution in [3.05, 3.63) is 41.6 Å². The number of thiocarbonyl (C=S) groups is 1. The van der Waals surface area contributed by atoms with Gasteiger partial charge in [0.05, 0.1) is 12.1 Å². The van der Waals surface area contributed by atoms with Crippen molar-refractivity contribution in [2.45, 2.75) is 13.5 Å². The van der Waals surface area contributed by atoms with Gasteiger partial charge in [-0.05, 0) is 19.1 Å². The molecule has 0 unspecified atom stereocenters. The first-order valence-electron chi connectivity index (χ1n) is 5.94. The highest BCUT2D eigenvalue weighted by Crippen LogP contribution is 2.19. The summed E-state index contributed by atoms with van der Waals surface area (Å²) in [7, 11) is 3.92. The molecule has 2 N–H and O–H groups in total. The number of hydrogen-bond acceptors (Lipinski definition) is 4. The zero-order valence-corrected chi connectivity index (χ0v) is 12.1. The minimum atomic E-state index is 0.356. The summed E-state index contributed by atoms with van der Waals surface area (Å²) in [4.78, 5) is 11.2. The molecule has 0 saturated heterocycles. The van der Waals surface area contributed by atoms with E-state index in [0.717, 1.165) is 22.9 Å². The Hall–Kier alpha value is -1.95. The standard InChI is InChI=1S/C13H17N5S/c1-9-4-5-10(12(14)19)13(16-9)18(3)8-11-15-6-7-17(11)2/h4-7H,8H2,1-3H3,(H2,14,19). The van der Waals surface area contributed by atoms with Gasteiger partial charge in [0, 0.05) is 32.2 Å². The van der Waals surface area contributed by atoms with Crippen molar-refractivity contribution in [2.24, 2.45) is 12.8 Å². The van der Waals surface area contributed by atoms with E-state index >= 15 is 0 Å². The van der Waals surface area contributed by atoms with Crippen LogP contribution < -0.4 is 10.6 Å². The van der Waals surface area contributed by atoms with E-state index in [2.05, 4.69) is 9.97 Å². The summed E-state index contributed by atoms with van der Waals surface area (Å²) in [5.74, 6) is 1.75. The van der Waals surface area contributed by atoms with Crippen molar-refractivity contribution in [2.75, 3.05) is 11.9 Å². The van der Waals surface area contributed by atoms with Gasteiger partial charge in [0.1, 0.15) is 16.6 Å². The van der Waals surface area contributed by atoms with E-state index < -0.39 is 0 Å². The summed E-state index contributed by atoms with van der Waals surface area (Å²) < 4.78 is 1.98. The molecule has 0 aliphatic heterocycles. The van der Waals surface area contributed by atoms with Crippen molar-refractivity contribution in [3.8, 4) is 0 Å². The zero-order chi connectivity index (χ0) is 14.0. The molecular formula is C13H17N5S. The average molecular weight is 275 g/mol. The lowest BCUT2D eigenvalue weighted by Gasteiger charge is -2.21. The summed E-state index contributed by atoms with van der Waals surface area (Å²) in [6.45, 7) is 2.59. The van der Waals surface area contributed by atoms with Crippen LogP contribution in [0.3, 0.4) is 0 Å². The molecular weight excluding hydrogens is 258 g/mol. The van der Waals surface area contributed by atoms with E-state index in [9.17, 15) is 0 Å². The first-order valence-corrected chi connectivity index (χ1v) is 6.34. The third-order valence-electron chi connectivity index (χ3n) is 2.94. The van der Waals surface area contributed by atoms with Gasteiger partial charge in [-0.2, -0.15) is 0 Å². The number of imidazole rings is 1. The fourth-order valence-corrected chi connectivity index (χ4v) is 2.02. The molecule has 19 heavy (non-hydrogen) atoms. The third-order valence-corrected chi connectivity index (χ3v) is 3.16. The molecule has 0 bridgehead atoms. The number of aryl methyl sites for hydroxylation is 2. The van der Waals surface area contributed by atoms with Crippen LogP contribution >= 0.6 is 12.2 Å². The number of nitrogens with zero attached hydrogens (tertiary/aromatic N) is 4. The Morgan fingerprint density at radius 3 is 2.79 bits per heavy atom. The molecule has 0 spiro atoms. The topological polar surface area (TPSA) is 60.0 Å².